The average Bonchev–Trinajstić information content (AvgIpc) is 3.18. The van der Waals surface area contributed by atoms with Gasteiger partial charge in [0.15, 0.2) is 16.1 Å². The second-order valence-electron chi connectivity index (χ2n) is 5.83. The molecule has 0 aliphatic heterocycles. The monoisotopic (exact) mass is 387 g/mol. The number of benzene rings is 1. The van der Waals surface area contributed by atoms with Gasteiger partial charge >= 0.3 is 0 Å². The first-order valence-corrected chi connectivity index (χ1v) is 10.1. The number of nitrogens with one attached hydrogen (secondary N) is 1. The number of rotatable bonds is 6. The second kappa shape index (κ2) is 8.01. The molecular weight excluding hydrogens is 366 g/mol. The maximum atomic E-state index is 12.5. The van der Waals surface area contributed by atoms with Gasteiger partial charge in [0.05, 0.1) is 10.9 Å². The average molecular weight is 388 g/mol. The van der Waals surface area contributed by atoms with E-state index >= 15 is 0 Å². The topological polar surface area (TPSA) is 72.7 Å². The first-order valence-electron chi connectivity index (χ1n) is 8.39. The molecule has 2 aromatic heterocycles. The second-order valence-corrected chi connectivity index (χ2v) is 8.34. The smallest absolute Gasteiger partial charge is 0.239 e. The lowest BCUT2D eigenvalue weighted by Gasteiger charge is -2.11. The van der Waals surface area contributed by atoms with E-state index in [9.17, 15) is 4.79 Å². The number of thiazole rings is 1. The lowest BCUT2D eigenvalue weighted by molar-refractivity contribution is -0.115. The fourth-order valence-corrected chi connectivity index (χ4v) is 4.14. The van der Waals surface area contributed by atoms with Crippen LogP contribution < -0.4 is 5.32 Å². The van der Waals surface area contributed by atoms with Crippen molar-refractivity contribution in [2.24, 2.45) is 0 Å². The molecule has 0 spiro atoms. The molecule has 0 aliphatic rings. The zero-order chi connectivity index (χ0) is 18.7. The molecular formula is C18H21N5OS2. The number of aromatic nitrogens is 4. The first-order chi connectivity index (χ1) is 12.5. The summed E-state index contributed by atoms with van der Waals surface area (Å²) in [6, 6.07) is 9.94. The Bertz CT molecular complexity index is 884. The van der Waals surface area contributed by atoms with Gasteiger partial charge in [-0.15, -0.1) is 21.5 Å². The van der Waals surface area contributed by atoms with Gasteiger partial charge in [0.25, 0.3) is 0 Å². The lowest BCUT2D eigenvalue weighted by atomic mass is 10.2. The van der Waals surface area contributed by atoms with Crippen molar-refractivity contribution in [1.82, 2.24) is 19.7 Å². The van der Waals surface area contributed by atoms with Crippen LogP contribution in [0.1, 0.15) is 24.4 Å². The normalized spacial score (nSPS) is 12.2. The molecule has 0 aliphatic carbocycles. The number of hydrogen-bond donors (Lipinski definition) is 1. The largest absolute Gasteiger partial charge is 0.302 e. The third-order valence-corrected chi connectivity index (χ3v) is 6.04. The summed E-state index contributed by atoms with van der Waals surface area (Å²) in [4.78, 5) is 18.0. The Kier molecular flexibility index (Phi) is 5.73. The van der Waals surface area contributed by atoms with E-state index in [-0.39, 0.29) is 11.2 Å². The van der Waals surface area contributed by atoms with Crippen LogP contribution in [0.15, 0.2) is 35.5 Å². The Hall–Kier alpha value is -2.19. The molecule has 1 amide bonds. The van der Waals surface area contributed by atoms with Crippen LogP contribution in [0.5, 0.6) is 0 Å². The molecule has 1 atom stereocenters. The highest BCUT2D eigenvalue weighted by molar-refractivity contribution is 8.00. The number of anilines is 1. The summed E-state index contributed by atoms with van der Waals surface area (Å²) in [5, 5.41) is 12.6. The maximum absolute atomic E-state index is 12.5. The molecule has 0 fully saturated rings. The fraction of sp³-hybridized carbons (Fsp3) is 0.333. The molecule has 3 rings (SSSR count). The van der Waals surface area contributed by atoms with E-state index in [1.54, 1.807) is 0 Å². The van der Waals surface area contributed by atoms with Crippen LogP contribution in [-0.4, -0.2) is 30.9 Å². The van der Waals surface area contributed by atoms with Gasteiger partial charge in [-0.1, -0.05) is 42.1 Å². The number of carbonyl (C=O) groups excluding carboxylic acids is 1. The number of thioether (sulfide) groups is 1. The van der Waals surface area contributed by atoms with E-state index in [4.69, 9.17) is 0 Å². The molecule has 136 valence electrons. The molecule has 0 radical (unpaired) electrons. The third kappa shape index (κ3) is 3.96. The van der Waals surface area contributed by atoms with E-state index in [0.29, 0.717) is 5.13 Å². The SMILES string of the molecule is CCn1c(SC(C)C(=O)Nc2nc(C)c(C)s2)nnc1-c1ccccc1. The summed E-state index contributed by atoms with van der Waals surface area (Å²) in [5.74, 6) is 0.727. The van der Waals surface area contributed by atoms with E-state index < -0.39 is 0 Å². The first kappa shape index (κ1) is 18.6. The molecule has 8 heteroatoms. The van der Waals surface area contributed by atoms with Crippen LogP contribution in [0.2, 0.25) is 0 Å². The molecule has 1 N–H and O–H groups in total. The lowest BCUT2D eigenvalue weighted by Crippen LogP contribution is -2.22. The summed E-state index contributed by atoms with van der Waals surface area (Å²) < 4.78 is 2.03. The third-order valence-electron chi connectivity index (χ3n) is 3.98. The van der Waals surface area contributed by atoms with Gasteiger partial charge in [0.1, 0.15) is 0 Å². The van der Waals surface area contributed by atoms with Gasteiger partial charge in [-0.2, -0.15) is 0 Å². The molecule has 3 aromatic rings. The van der Waals surface area contributed by atoms with Crippen molar-refractivity contribution in [2.75, 3.05) is 5.32 Å². The summed E-state index contributed by atoms with van der Waals surface area (Å²) in [6.45, 7) is 8.58. The summed E-state index contributed by atoms with van der Waals surface area (Å²) in [5.41, 5.74) is 1.96. The van der Waals surface area contributed by atoms with Gasteiger partial charge in [-0.3, -0.25) is 4.79 Å². The molecule has 2 heterocycles. The number of aryl methyl sites for hydroxylation is 2. The molecule has 1 unspecified atom stereocenters. The Morgan fingerprint density at radius 3 is 2.62 bits per heavy atom. The van der Waals surface area contributed by atoms with Gasteiger partial charge in [0.2, 0.25) is 5.91 Å². The van der Waals surface area contributed by atoms with Crippen molar-refractivity contribution in [3.63, 3.8) is 0 Å². The Morgan fingerprint density at radius 1 is 1.27 bits per heavy atom. The number of carbonyl (C=O) groups is 1. The van der Waals surface area contributed by atoms with Crippen LogP contribution in [0, 0.1) is 13.8 Å². The molecule has 0 saturated heterocycles. The molecule has 0 saturated carbocycles. The van der Waals surface area contributed by atoms with Crippen molar-refractivity contribution >= 4 is 34.1 Å². The van der Waals surface area contributed by atoms with Crippen molar-refractivity contribution in [2.45, 2.75) is 44.6 Å². The van der Waals surface area contributed by atoms with Gasteiger partial charge < -0.3 is 9.88 Å². The van der Waals surface area contributed by atoms with Crippen molar-refractivity contribution in [3.05, 3.63) is 40.9 Å². The van der Waals surface area contributed by atoms with Gasteiger partial charge in [0, 0.05) is 17.0 Å². The molecule has 1 aromatic carbocycles. The molecule has 26 heavy (non-hydrogen) atoms. The van der Waals surface area contributed by atoms with Crippen LogP contribution in [0.4, 0.5) is 5.13 Å². The minimum atomic E-state index is -0.308. The Labute approximate surface area is 161 Å². The molecule has 6 nitrogen and oxygen atoms in total. The predicted octanol–water partition coefficient (Wildman–Crippen LogP) is 4.16. The van der Waals surface area contributed by atoms with Crippen molar-refractivity contribution < 1.29 is 4.79 Å². The number of nitrogens with zero attached hydrogens (tertiary/aromatic N) is 4. The van der Waals surface area contributed by atoms with Crippen LogP contribution in [0.25, 0.3) is 11.4 Å². The van der Waals surface area contributed by atoms with Crippen LogP contribution >= 0.6 is 23.1 Å². The Balaban J connectivity index is 1.73. The molecule has 0 bridgehead atoms. The standard InChI is InChI=1S/C18H21N5OS2/c1-5-23-15(14-9-7-6-8-10-14)21-22-18(23)26-13(4)16(24)20-17-19-11(2)12(3)25-17/h6-10,13H,5H2,1-4H3,(H,19,20,24). The Morgan fingerprint density at radius 2 is 2.00 bits per heavy atom. The van der Waals surface area contributed by atoms with E-state index in [1.807, 2.05) is 62.6 Å². The predicted molar refractivity (Wildman–Crippen MR) is 107 cm³/mol. The van der Waals surface area contributed by atoms with Crippen molar-refractivity contribution in [3.8, 4) is 11.4 Å². The van der Waals surface area contributed by atoms with Gasteiger partial charge in [-0.25, -0.2) is 4.98 Å². The van der Waals surface area contributed by atoms with Gasteiger partial charge in [-0.05, 0) is 27.7 Å². The van der Waals surface area contributed by atoms with Crippen LogP contribution in [0.3, 0.4) is 0 Å². The zero-order valence-corrected chi connectivity index (χ0v) is 16.8. The van der Waals surface area contributed by atoms with E-state index in [1.165, 1.54) is 23.1 Å². The highest BCUT2D eigenvalue weighted by atomic mass is 32.2. The highest BCUT2D eigenvalue weighted by Gasteiger charge is 2.21. The van der Waals surface area contributed by atoms with Crippen molar-refractivity contribution in [1.29, 1.82) is 0 Å². The summed E-state index contributed by atoms with van der Waals surface area (Å²) >= 11 is 2.89. The van der Waals surface area contributed by atoms with E-state index in [0.717, 1.165) is 33.7 Å². The highest BCUT2D eigenvalue weighted by Crippen LogP contribution is 2.28. The van der Waals surface area contributed by atoms with Crippen LogP contribution in [-0.2, 0) is 11.3 Å². The number of hydrogen-bond acceptors (Lipinski definition) is 6. The quantitative estimate of drug-likeness (QED) is 0.643. The summed E-state index contributed by atoms with van der Waals surface area (Å²) in [6.07, 6.45) is 0. The summed E-state index contributed by atoms with van der Waals surface area (Å²) in [7, 11) is 0. The van der Waals surface area contributed by atoms with E-state index in [2.05, 4.69) is 20.5 Å². The minimum Gasteiger partial charge on any atom is -0.302 e. The zero-order valence-electron chi connectivity index (χ0n) is 15.2. The maximum Gasteiger partial charge on any atom is 0.239 e. The minimum absolute atomic E-state index is 0.0873. The fourth-order valence-electron chi connectivity index (χ4n) is 2.41. The number of amides is 1.